The van der Waals surface area contributed by atoms with Crippen LogP contribution in [0.4, 0.5) is 0 Å². The van der Waals surface area contributed by atoms with E-state index in [4.69, 9.17) is 5.84 Å². The van der Waals surface area contributed by atoms with Crippen LogP contribution >= 0.6 is 27.3 Å². The van der Waals surface area contributed by atoms with E-state index in [2.05, 4.69) is 52.5 Å². The number of nitrogens with two attached hydrogens (primary N) is 1. The van der Waals surface area contributed by atoms with Crippen molar-refractivity contribution in [3.63, 3.8) is 0 Å². The summed E-state index contributed by atoms with van der Waals surface area (Å²) in [5.74, 6) is 5.77. The molecule has 1 aromatic heterocycles. The number of halogens is 1. The van der Waals surface area contributed by atoms with Crippen molar-refractivity contribution in [2.75, 3.05) is 0 Å². The third-order valence-electron chi connectivity index (χ3n) is 4.02. The van der Waals surface area contributed by atoms with Gasteiger partial charge in [-0.2, -0.15) is 0 Å². The molecular formula is C16H19BrN2S. The minimum Gasteiger partial charge on any atom is -0.271 e. The lowest BCUT2D eigenvalue weighted by Crippen LogP contribution is -2.29. The van der Waals surface area contributed by atoms with E-state index in [-0.39, 0.29) is 6.04 Å². The number of fused-ring (bicyclic) bond motifs is 1. The highest BCUT2D eigenvalue weighted by atomic mass is 79.9. The molecule has 0 saturated heterocycles. The first-order valence-electron chi connectivity index (χ1n) is 7.00. The number of thiophene rings is 1. The highest BCUT2D eigenvalue weighted by Crippen LogP contribution is 2.33. The maximum absolute atomic E-state index is 5.77. The van der Waals surface area contributed by atoms with Crippen molar-refractivity contribution in [3.05, 3.63) is 55.2 Å². The summed E-state index contributed by atoms with van der Waals surface area (Å²) in [6, 6.07) is 9.31. The summed E-state index contributed by atoms with van der Waals surface area (Å²) in [4.78, 5) is 1.29. The maximum Gasteiger partial charge on any atom is 0.0731 e. The molecule has 1 heterocycles. The minimum atomic E-state index is 0.185. The number of hydrogen-bond acceptors (Lipinski definition) is 3. The monoisotopic (exact) mass is 350 g/mol. The van der Waals surface area contributed by atoms with Crippen LogP contribution in [0, 0.1) is 6.92 Å². The number of benzene rings is 1. The van der Waals surface area contributed by atoms with Gasteiger partial charge in [0.15, 0.2) is 0 Å². The second-order valence-electron chi connectivity index (χ2n) is 5.49. The van der Waals surface area contributed by atoms with Crippen LogP contribution in [0.1, 0.15) is 39.6 Å². The van der Waals surface area contributed by atoms with Crippen molar-refractivity contribution >= 4 is 27.3 Å². The molecule has 0 amide bonds. The van der Waals surface area contributed by atoms with E-state index in [0.29, 0.717) is 0 Å². The first-order chi connectivity index (χ1) is 9.67. The zero-order valence-electron chi connectivity index (χ0n) is 11.6. The second kappa shape index (κ2) is 5.98. The molecule has 0 radical (unpaired) electrons. The Bertz CT molecular complexity index is 601. The van der Waals surface area contributed by atoms with E-state index in [1.165, 1.54) is 50.2 Å². The van der Waals surface area contributed by atoms with Gasteiger partial charge in [0.05, 0.1) is 9.83 Å². The van der Waals surface area contributed by atoms with Crippen molar-refractivity contribution < 1.29 is 0 Å². The first kappa shape index (κ1) is 14.3. The first-order valence-corrected chi connectivity index (χ1v) is 8.61. The Morgan fingerprint density at radius 1 is 1.30 bits per heavy atom. The van der Waals surface area contributed by atoms with Crippen molar-refractivity contribution in [3.8, 4) is 0 Å². The molecule has 4 heteroatoms. The topological polar surface area (TPSA) is 38.0 Å². The van der Waals surface area contributed by atoms with Gasteiger partial charge in [-0.1, -0.05) is 18.2 Å². The molecule has 0 fully saturated rings. The van der Waals surface area contributed by atoms with Gasteiger partial charge in [-0.3, -0.25) is 11.3 Å². The van der Waals surface area contributed by atoms with Crippen LogP contribution in [0.5, 0.6) is 0 Å². The Labute approximate surface area is 132 Å². The van der Waals surface area contributed by atoms with E-state index < -0.39 is 0 Å². The molecule has 0 aliphatic heterocycles. The molecule has 2 aromatic rings. The van der Waals surface area contributed by atoms with Crippen LogP contribution < -0.4 is 11.3 Å². The highest BCUT2D eigenvalue weighted by Gasteiger charge is 2.16. The Morgan fingerprint density at radius 2 is 2.10 bits per heavy atom. The van der Waals surface area contributed by atoms with E-state index >= 15 is 0 Å². The zero-order chi connectivity index (χ0) is 14.1. The van der Waals surface area contributed by atoms with Crippen LogP contribution in [0.3, 0.4) is 0 Å². The molecule has 2 nitrogen and oxygen atoms in total. The molecular weight excluding hydrogens is 332 g/mol. The fraction of sp³-hybridized carbons (Fsp3) is 0.375. The molecule has 0 bridgehead atoms. The summed E-state index contributed by atoms with van der Waals surface area (Å²) >= 11 is 5.36. The number of aryl methyl sites for hydroxylation is 3. The number of hydrogen-bond donors (Lipinski definition) is 2. The van der Waals surface area contributed by atoms with Crippen LogP contribution in [-0.2, 0) is 19.3 Å². The predicted octanol–water partition coefficient (Wildman–Crippen LogP) is 4.05. The van der Waals surface area contributed by atoms with Gasteiger partial charge in [0.25, 0.3) is 0 Å². The molecule has 0 spiro atoms. The van der Waals surface area contributed by atoms with Crippen molar-refractivity contribution in [1.29, 1.82) is 0 Å². The second-order valence-corrected chi connectivity index (χ2v) is 7.89. The number of hydrazine groups is 1. The highest BCUT2D eigenvalue weighted by molar-refractivity contribution is 9.11. The third kappa shape index (κ3) is 2.84. The molecule has 20 heavy (non-hydrogen) atoms. The lowest BCUT2D eigenvalue weighted by Gasteiger charge is -2.15. The summed E-state index contributed by atoms with van der Waals surface area (Å²) in [6.07, 6.45) is 4.71. The van der Waals surface area contributed by atoms with Gasteiger partial charge in [0.2, 0.25) is 0 Å². The van der Waals surface area contributed by atoms with Gasteiger partial charge in [0.1, 0.15) is 0 Å². The summed E-state index contributed by atoms with van der Waals surface area (Å²) < 4.78 is 1.20. The maximum atomic E-state index is 5.77. The molecule has 1 atom stereocenters. The largest absolute Gasteiger partial charge is 0.271 e. The fourth-order valence-corrected chi connectivity index (χ4v) is 4.52. The van der Waals surface area contributed by atoms with Crippen LogP contribution in [0.15, 0.2) is 28.1 Å². The molecule has 1 aliphatic carbocycles. The van der Waals surface area contributed by atoms with Crippen LogP contribution in [0.2, 0.25) is 0 Å². The Balaban J connectivity index is 1.81. The lowest BCUT2D eigenvalue weighted by atomic mass is 10.0. The van der Waals surface area contributed by atoms with Crippen molar-refractivity contribution in [1.82, 2.24) is 5.43 Å². The van der Waals surface area contributed by atoms with Gasteiger partial charge in [-0.25, -0.2) is 0 Å². The Morgan fingerprint density at radius 3 is 2.80 bits per heavy atom. The Kier molecular flexibility index (Phi) is 4.26. The predicted molar refractivity (Wildman–Crippen MR) is 89.0 cm³/mol. The van der Waals surface area contributed by atoms with E-state index in [0.717, 1.165) is 6.42 Å². The van der Waals surface area contributed by atoms with Gasteiger partial charge in [-0.05, 0) is 76.9 Å². The fourth-order valence-electron chi connectivity index (χ4n) is 2.88. The molecule has 3 N–H and O–H groups in total. The van der Waals surface area contributed by atoms with Crippen LogP contribution in [-0.4, -0.2) is 0 Å². The van der Waals surface area contributed by atoms with E-state index in [1.807, 2.05) is 0 Å². The molecule has 1 aliphatic rings. The standard InChI is InChI=1S/C16H19BrN2S/c1-10-7-15(20-16(10)17)14(19-18)9-11-5-6-12-3-2-4-13(12)8-11/h5-8,14,19H,2-4,9,18H2,1H3. The SMILES string of the molecule is Cc1cc(C(Cc2ccc3c(c2)CCC3)NN)sc1Br. The lowest BCUT2D eigenvalue weighted by molar-refractivity contribution is 0.560. The van der Waals surface area contributed by atoms with E-state index in [1.54, 1.807) is 11.3 Å². The van der Waals surface area contributed by atoms with Crippen molar-refractivity contribution in [2.24, 2.45) is 5.84 Å². The molecule has 106 valence electrons. The van der Waals surface area contributed by atoms with Gasteiger partial charge >= 0.3 is 0 Å². The molecule has 3 rings (SSSR count). The normalized spacial score (nSPS) is 15.3. The van der Waals surface area contributed by atoms with E-state index in [9.17, 15) is 0 Å². The van der Waals surface area contributed by atoms with Gasteiger partial charge in [0, 0.05) is 4.88 Å². The smallest absolute Gasteiger partial charge is 0.0731 e. The zero-order valence-corrected chi connectivity index (χ0v) is 14.0. The summed E-state index contributed by atoms with van der Waals surface area (Å²) in [6.45, 7) is 2.12. The third-order valence-corrected chi connectivity index (χ3v) is 6.27. The average Bonchev–Trinajstić information content (AvgIpc) is 3.03. The summed E-state index contributed by atoms with van der Waals surface area (Å²) in [7, 11) is 0. The summed E-state index contributed by atoms with van der Waals surface area (Å²) in [5, 5.41) is 0. The average molecular weight is 351 g/mol. The van der Waals surface area contributed by atoms with Gasteiger partial charge in [-0.15, -0.1) is 11.3 Å². The number of rotatable bonds is 4. The van der Waals surface area contributed by atoms with Crippen LogP contribution in [0.25, 0.3) is 0 Å². The van der Waals surface area contributed by atoms with Gasteiger partial charge < -0.3 is 0 Å². The molecule has 1 aromatic carbocycles. The molecule has 1 unspecified atom stereocenters. The summed E-state index contributed by atoms with van der Waals surface area (Å²) in [5.41, 5.74) is 8.67. The number of nitrogens with one attached hydrogen (secondary N) is 1. The Hall–Kier alpha value is -0.680. The van der Waals surface area contributed by atoms with Crippen molar-refractivity contribution in [2.45, 2.75) is 38.6 Å². The molecule has 0 saturated carbocycles. The minimum absolute atomic E-state index is 0.185. The quantitative estimate of drug-likeness (QED) is 0.644.